The van der Waals surface area contributed by atoms with Crippen molar-refractivity contribution in [3.63, 3.8) is 0 Å². The number of carbonyl (C=O) groups is 1. The lowest BCUT2D eigenvalue weighted by atomic mass is 10.2. The Morgan fingerprint density at radius 2 is 1.85 bits per heavy atom. The normalized spacial score (nSPS) is 16.9. The zero-order valence-corrected chi connectivity index (χ0v) is 14.3. The van der Waals surface area contributed by atoms with Crippen molar-refractivity contribution in [1.29, 1.82) is 0 Å². The van der Waals surface area contributed by atoms with Crippen LogP contribution in [0, 0.1) is 0 Å². The van der Waals surface area contributed by atoms with Gasteiger partial charge in [-0.15, -0.1) is 0 Å². The number of benzene rings is 1. The van der Waals surface area contributed by atoms with E-state index in [-0.39, 0.29) is 5.91 Å². The highest BCUT2D eigenvalue weighted by Crippen LogP contribution is 2.30. The molecule has 1 aromatic carbocycles. The van der Waals surface area contributed by atoms with Gasteiger partial charge in [-0.3, -0.25) is 9.69 Å². The van der Waals surface area contributed by atoms with Crippen LogP contribution in [0.3, 0.4) is 0 Å². The molecule has 1 amide bonds. The second kappa shape index (κ2) is 6.10. The summed E-state index contributed by atoms with van der Waals surface area (Å²) in [6, 6.07) is 11.7. The van der Waals surface area contributed by atoms with E-state index in [0.29, 0.717) is 31.3 Å². The Morgan fingerprint density at radius 3 is 2.73 bits per heavy atom. The van der Waals surface area contributed by atoms with Crippen LogP contribution in [-0.2, 0) is 11.3 Å². The molecule has 4 heterocycles. The molecule has 2 aliphatic heterocycles. The number of pyridine rings is 1. The van der Waals surface area contributed by atoms with Crippen LogP contribution in [-0.4, -0.2) is 53.3 Å². The van der Waals surface area contributed by atoms with E-state index in [0.717, 1.165) is 36.5 Å². The molecular weight excluding hydrogens is 330 g/mol. The summed E-state index contributed by atoms with van der Waals surface area (Å²) in [6.45, 7) is 4.19. The third-order valence-electron chi connectivity index (χ3n) is 5.00. The van der Waals surface area contributed by atoms with Crippen molar-refractivity contribution in [1.82, 2.24) is 14.5 Å². The Labute approximate surface area is 150 Å². The van der Waals surface area contributed by atoms with Crippen LogP contribution < -0.4 is 9.80 Å². The molecule has 0 radical (unpaired) electrons. The number of para-hydroxylation sites is 2. The monoisotopic (exact) mass is 349 g/mol. The van der Waals surface area contributed by atoms with E-state index >= 15 is 0 Å². The number of hydrogen-bond acceptors (Lipinski definition) is 5. The molecule has 0 spiro atoms. The van der Waals surface area contributed by atoms with Gasteiger partial charge >= 0.3 is 0 Å². The number of hydrogen-bond donors (Lipinski definition) is 0. The van der Waals surface area contributed by atoms with Gasteiger partial charge < -0.3 is 14.2 Å². The van der Waals surface area contributed by atoms with Crippen LogP contribution in [0.2, 0.25) is 0 Å². The molecule has 0 atom stereocenters. The van der Waals surface area contributed by atoms with Gasteiger partial charge in [-0.25, -0.2) is 9.97 Å². The van der Waals surface area contributed by atoms with E-state index in [9.17, 15) is 4.79 Å². The van der Waals surface area contributed by atoms with Gasteiger partial charge in [0, 0.05) is 32.4 Å². The van der Waals surface area contributed by atoms with Crippen LogP contribution in [0.1, 0.15) is 10.4 Å². The summed E-state index contributed by atoms with van der Waals surface area (Å²) >= 11 is 0. The number of ether oxygens (including phenoxy) is 1. The first-order valence-electron chi connectivity index (χ1n) is 8.88. The molecule has 1 saturated heterocycles. The number of imidazole rings is 1. The van der Waals surface area contributed by atoms with E-state index in [1.807, 2.05) is 36.4 Å². The fourth-order valence-corrected chi connectivity index (χ4v) is 3.72. The van der Waals surface area contributed by atoms with Gasteiger partial charge in [0.2, 0.25) is 5.95 Å². The van der Waals surface area contributed by atoms with E-state index in [1.165, 1.54) is 0 Å². The number of aromatic nitrogens is 3. The van der Waals surface area contributed by atoms with Crippen molar-refractivity contribution in [3.8, 4) is 0 Å². The lowest BCUT2D eigenvalue weighted by molar-refractivity contribution is 0.0986. The molecule has 0 N–H and O–H groups in total. The second-order valence-electron chi connectivity index (χ2n) is 6.48. The fourth-order valence-electron chi connectivity index (χ4n) is 3.72. The molecule has 1 fully saturated rings. The minimum atomic E-state index is -0.0475. The topological polar surface area (TPSA) is 63.5 Å². The average Bonchev–Trinajstić information content (AvgIpc) is 3.27. The fraction of sp³-hybridized carbons (Fsp3) is 0.316. The number of morpholine rings is 1. The minimum absolute atomic E-state index is 0.0475. The van der Waals surface area contributed by atoms with Crippen LogP contribution in [0.25, 0.3) is 11.0 Å². The summed E-state index contributed by atoms with van der Waals surface area (Å²) in [6.07, 6.45) is 1.74. The summed E-state index contributed by atoms with van der Waals surface area (Å²) in [4.78, 5) is 26.4. The highest BCUT2D eigenvalue weighted by Gasteiger charge is 2.31. The van der Waals surface area contributed by atoms with Gasteiger partial charge in [0.25, 0.3) is 5.91 Å². The Hall–Kier alpha value is -2.93. The molecule has 2 aliphatic rings. The summed E-state index contributed by atoms with van der Waals surface area (Å²) < 4.78 is 7.53. The first-order chi connectivity index (χ1) is 12.8. The molecule has 0 saturated carbocycles. The molecule has 0 aliphatic carbocycles. The van der Waals surface area contributed by atoms with Crippen molar-refractivity contribution < 1.29 is 9.53 Å². The van der Waals surface area contributed by atoms with Gasteiger partial charge in [-0.2, -0.15) is 0 Å². The second-order valence-corrected chi connectivity index (χ2v) is 6.48. The number of carbonyl (C=O) groups excluding carboxylic acids is 1. The zero-order valence-electron chi connectivity index (χ0n) is 14.3. The highest BCUT2D eigenvalue weighted by atomic mass is 16.5. The SMILES string of the molecule is O=C(c1cccnc1N1CCOCC1)N1CCn2c1nc1ccccc12. The number of nitrogens with zero attached hydrogens (tertiary/aromatic N) is 5. The van der Waals surface area contributed by atoms with Crippen LogP contribution >= 0.6 is 0 Å². The third-order valence-corrected chi connectivity index (χ3v) is 5.00. The van der Waals surface area contributed by atoms with E-state index in [2.05, 4.69) is 19.4 Å². The molecule has 7 nitrogen and oxygen atoms in total. The molecule has 0 bridgehead atoms. The van der Waals surface area contributed by atoms with Crippen molar-refractivity contribution in [2.24, 2.45) is 0 Å². The van der Waals surface area contributed by atoms with Gasteiger partial charge in [0.15, 0.2) is 0 Å². The molecule has 26 heavy (non-hydrogen) atoms. The number of anilines is 2. The third kappa shape index (κ3) is 2.35. The van der Waals surface area contributed by atoms with Crippen molar-refractivity contribution in [2.75, 3.05) is 42.6 Å². The van der Waals surface area contributed by atoms with Gasteiger partial charge in [0.05, 0.1) is 29.8 Å². The lowest BCUT2D eigenvalue weighted by Crippen LogP contribution is -2.39. The molecule has 0 unspecified atom stereocenters. The molecule has 7 heteroatoms. The van der Waals surface area contributed by atoms with Crippen LogP contribution in [0.5, 0.6) is 0 Å². The van der Waals surface area contributed by atoms with Crippen molar-refractivity contribution >= 4 is 28.7 Å². The zero-order chi connectivity index (χ0) is 17.5. The summed E-state index contributed by atoms with van der Waals surface area (Å²) in [5.74, 6) is 1.40. The van der Waals surface area contributed by atoms with E-state index in [4.69, 9.17) is 4.74 Å². The molecule has 2 aromatic heterocycles. The Kier molecular flexibility index (Phi) is 3.60. The highest BCUT2D eigenvalue weighted by molar-refractivity contribution is 6.09. The first-order valence-corrected chi connectivity index (χ1v) is 8.88. The number of amides is 1. The first kappa shape index (κ1) is 15.3. The molecule has 5 rings (SSSR count). The smallest absolute Gasteiger partial charge is 0.264 e. The maximum atomic E-state index is 13.3. The van der Waals surface area contributed by atoms with Gasteiger partial charge in [-0.1, -0.05) is 12.1 Å². The largest absolute Gasteiger partial charge is 0.378 e. The Morgan fingerprint density at radius 1 is 1.00 bits per heavy atom. The number of fused-ring (bicyclic) bond motifs is 3. The van der Waals surface area contributed by atoms with Crippen molar-refractivity contribution in [2.45, 2.75) is 6.54 Å². The number of rotatable bonds is 2. The van der Waals surface area contributed by atoms with Gasteiger partial charge in [0.1, 0.15) is 5.82 Å². The predicted molar refractivity (Wildman–Crippen MR) is 98.7 cm³/mol. The van der Waals surface area contributed by atoms with Crippen molar-refractivity contribution in [3.05, 3.63) is 48.2 Å². The standard InChI is InChI=1S/C19H19N5O2/c25-18(14-4-3-7-20-17(14)22-10-12-26-13-11-22)24-9-8-23-16-6-2-1-5-15(16)21-19(23)24/h1-7H,8-13H2. The van der Waals surface area contributed by atoms with Crippen LogP contribution in [0.15, 0.2) is 42.6 Å². The van der Waals surface area contributed by atoms with Crippen LogP contribution in [0.4, 0.5) is 11.8 Å². The predicted octanol–water partition coefficient (Wildman–Crippen LogP) is 1.93. The summed E-state index contributed by atoms with van der Waals surface area (Å²) in [7, 11) is 0. The Bertz CT molecular complexity index is 977. The Balaban J connectivity index is 1.52. The lowest BCUT2D eigenvalue weighted by Gasteiger charge is -2.29. The van der Waals surface area contributed by atoms with Gasteiger partial charge in [-0.05, 0) is 24.3 Å². The summed E-state index contributed by atoms with van der Waals surface area (Å²) in [5.41, 5.74) is 2.60. The quantitative estimate of drug-likeness (QED) is 0.707. The minimum Gasteiger partial charge on any atom is -0.378 e. The average molecular weight is 349 g/mol. The van der Waals surface area contributed by atoms with E-state index < -0.39 is 0 Å². The molecule has 3 aromatic rings. The maximum absolute atomic E-state index is 13.3. The molecular formula is C19H19N5O2. The summed E-state index contributed by atoms with van der Waals surface area (Å²) in [5, 5.41) is 0. The molecule has 132 valence electrons. The van der Waals surface area contributed by atoms with E-state index in [1.54, 1.807) is 11.1 Å². The maximum Gasteiger partial charge on any atom is 0.264 e.